The second kappa shape index (κ2) is 8.52. The highest BCUT2D eigenvalue weighted by atomic mass is 32.2. The fourth-order valence-electron chi connectivity index (χ4n) is 3.03. The Morgan fingerprint density at radius 1 is 1.04 bits per heavy atom. The molecule has 0 spiro atoms. The molecule has 0 atom stereocenters. The monoisotopic (exact) mass is 382 g/mol. The van der Waals surface area contributed by atoms with Gasteiger partial charge in [-0.15, -0.1) is 0 Å². The molecule has 0 radical (unpaired) electrons. The van der Waals surface area contributed by atoms with Crippen molar-refractivity contribution in [3.8, 4) is 11.3 Å². The van der Waals surface area contributed by atoms with Crippen molar-refractivity contribution < 1.29 is 4.79 Å². The van der Waals surface area contributed by atoms with E-state index in [0.717, 1.165) is 45.1 Å². The van der Waals surface area contributed by atoms with Crippen molar-refractivity contribution in [2.45, 2.75) is 13.8 Å². The van der Waals surface area contributed by atoms with Gasteiger partial charge in [-0.3, -0.25) is 4.79 Å². The van der Waals surface area contributed by atoms with Crippen LogP contribution in [0.15, 0.2) is 54.6 Å². The number of thioether (sulfide) groups is 1. The minimum absolute atomic E-state index is 0.0980. The number of aromatic amines is 1. The van der Waals surface area contributed by atoms with Gasteiger partial charge >= 0.3 is 0 Å². The number of nitrogens with one attached hydrogen (secondary N) is 1. The molecular weight excluding hydrogens is 360 g/mol. The molecule has 0 aliphatic carbocycles. The normalized spacial score (nSPS) is 10.8. The Morgan fingerprint density at radius 2 is 1.69 bits per heavy atom. The second-order valence-electron chi connectivity index (χ2n) is 5.94. The van der Waals surface area contributed by atoms with Crippen LogP contribution in [0.25, 0.3) is 22.2 Å². The molecule has 0 saturated heterocycles. The Bertz CT molecular complexity index is 914. The number of carbonyl (C=O) groups is 1. The van der Waals surface area contributed by atoms with Crippen LogP contribution >= 0.6 is 24.0 Å². The summed E-state index contributed by atoms with van der Waals surface area (Å²) in [6, 6.07) is 17.9. The zero-order chi connectivity index (χ0) is 18.5. The number of nitrogens with zero attached hydrogens (tertiary/aromatic N) is 1. The number of hydrogen-bond acceptors (Lipinski definition) is 3. The molecule has 1 N–H and O–H groups in total. The standard InChI is InChI=1S/C21H22N2OS2/c1-3-23(4-2)21(25)26-14-18(24)19-16-12-8-9-13-17(16)22-20(19)15-10-6-5-7-11-15/h5-13,22H,3-4,14H2,1-2H3. The van der Waals surface area contributed by atoms with Gasteiger partial charge in [0.25, 0.3) is 0 Å². The largest absolute Gasteiger partial charge is 0.358 e. The van der Waals surface area contributed by atoms with Gasteiger partial charge < -0.3 is 9.88 Å². The molecule has 0 fully saturated rings. The second-order valence-corrected chi connectivity index (χ2v) is 7.55. The smallest absolute Gasteiger partial charge is 0.175 e. The minimum Gasteiger partial charge on any atom is -0.358 e. The first-order valence-electron chi connectivity index (χ1n) is 8.76. The maximum atomic E-state index is 13.1. The van der Waals surface area contributed by atoms with Crippen LogP contribution in [0.5, 0.6) is 0 Å². The van der Waals surface area contributed by atoms with Crippen molar-refractivity contribution in [3.05, 3.63) is 60.2 Å². The van der Waals surface area contributed by atoms with Crippen LogP contribution in [0.1, 0.15) is 24.2 Å². The van der Waals surface area contributed by atoms with Crippen molar-refractivity contribution in [2.75, 3.05) is 18.8 Å². The number of carbonyl (C=O) groups excluding carboxylic acids is 1. The zero-order valence-corrected chi connectivity index (χ0v) is 16.6. The van der Waals surface area contributed by atoms with E-state index in [1.807, 2.05) is 54.6 Å². The molecule has 3 nitrogen and oxygen atoms in total. The minimum atomic E-state index is 0.0980. The van der Waals surface area contributed by atoms with Crippen LogP contribution in [-0.4, -0.2) is 38.8 Å². The molecule has 0 saturated carbocycles. The van der Waals surface area contributed by atoms with Crippen LogP contribution in [0.2, 0.25) is 0 Å². The summed E-state index contributed by atoms with van der Waals surface area (Å²) in [5, 5.41) is 0.964. The van der Waals surface area contributed by atoms with Gasteiger partial charge in [0.1, 0.15) is 4.32 Å². The number of aromatic nitrogens is 1. The number of H-pyrrole nitrogens is 1. The van der Waals surface area contributed by atoms with Crippen LogP contribution < -0.4 is 0 Å². The van der Waals surface area contributed by atoms with Gasteiger partial charge in [-0.1, -0.05) is 72.5 Å². The predicted molar refractivity (Wildman–Crippen MR) is 116 cm³/mol. The number of benzene rings is 2. The lowest BCUT2D eigenvalue weighted by Gasteiger charge is -2.20. The van der Waals surface area contributed by atoms with E-state index in [-0.39, 0.29) is 5.78 Å². The van der Waals surface area contributed by atoms with Gasteiger partial charge in [0, 0.05) is 24.0 Å². The zero-order valence-electron chi connectivity index (χ0n) is 15.0. The lowest BCUT2D eigenvalue weighted by Crippen LogP contribution is -2.27. The Labute approximate surface area is 163 Å². The number of thiocarbonyl (C=S) groups is 1. The summed E-state index contributed by atoms with van der Waals surface area (Å²) in [4.78, 5) is 18.6. The molecule has 26 heavy (non-hydrogen) atoms. The van der Waals surface area contributed by atoms with Crippen LogP contribution in [0.3, 0.4) is 0 Å². The molecule has 134 valence electrons. The molecule has 3 rings (SSSR count). The van der Waals surface area contributed by atoms with Gasteiger partial charge in [0.15, 0.2) is 5.78 Å². The summed E-state index contributed by atoms with van der Waals surface area (Å²) in [7, 11) is 0. The molecule has 0 aliphatic rings. The van der Waals surface area contributed by atoms with Crippen molar-refractivity contribution in [3.63, 3.8) is 0 Å². The molecule has 0 bridgehead atoms. The van der Waals surface area contributed by atoms with E-state index in [9.17, 15) is 4.79 Å². The van der Waals surface area contributed by atoms with E-state index in [2.05, 4.69) is 23.7 Å². The van der Waals surface area contributed by atoms with E-state index < -0.39 is 0 Å². The number of rotatable bonds is 6. The third-order valence-corrected chi connectivity index (χ3v) is 5.92. The fourth-order valence-corrected chi connectivity index (χ4v) is 4.30. The summed E-state index contributed by atoms with van der Waals surface area (Å²) in [5.41, 5.74) is 3.63. The van der Waals surface area contributed by atoms with Gasteiger partial charge in [-0.05, 0) is 25.5 Å². The third kappa shape index (κ3) is 3.84. The van der Waals surface area contributed by atoms with Gasteiger partial charge in [-0.2, -0.15) is 0 Å². The molecule has 2 aromatic carbocycles. The predicted octanol–water partition coefficient (Wildman–Crippen LogP) is 5.38. The van der Waals surface area contributed by atoms with Crippen molar-refractivity contribution >= 4 is 45.0 Å². The van der Waals surface area contributed by atoms with E-state index in [0.29, 0.717) is 5.75 Å². The van der Waals surface area contributed by atoms with Gasteiger partial charge in [0.2, 0.25) is 0 Å². The number of para-hydroxylation sites is 1. The highest BCUT2D eigenvalue weighted by Crippen LogP contribution is 2.31. The Kier molecular flexibility index (Phi) is 6.12. The SMILES string of the molecule is CCN(CC)C(=S)SCC(=O)c1c(-c2ccccc2)[nH]c2ccccc12. The Morgan fingerprint density at radius 3 is 2.38 bits per heavy atom. The summed E-state index contributed by atoms with van der Waals surface area (Å²) < 4.78 is 0.782. The first kappa shape index (κ1) is 18.7. The Hall–Kier alpha value is -2.11. The van der Waals surface area contributed by atoms with E-state index in [4.69, 9.17) is 12.2 Å². The number of Topliss-reactive ketones (excluding diaryl/α,β-unsaturated/α-hetero) is 1. The Balaban J connectivity index is 1.93. The summed E-state index contributed by atoms with van der Waals surface area (Å²) in [6.07, 6.45) is 0. The average Bonchev–Trinajstić information content (AvgIpc) is 3.07. The topological polar surface area (TPSA) is 36.1 Å². The molecule has 5 heteroatoms. The van der Waals surface area contributed by atoms with Gasteiger partial charge in [-0.25, -0.2) is 0 Å². The maximum Gasteiger partial charge on any atom is 0.175 e. The summed E-state index contributed by atoms with van der Waals surface area (Å²) in [5.74, 6) is 0.442. The van der Waals surface area contributed by atoms with Crippen molar-refractivity contribution in [2.24, 2.45) is 0 Å². The maximum absolute atomic E-state index is 13.1. The number of hydrogen-bond donors (Lipinski definition) is 1. The van der Waals surface area contributed by atoms with Crippen LogP contribution in [0.4, 0.5) is 0 Å². The van der Waals surface area contributed by atoms with E-state index in [1.165, 1.54) is 11.8 Å². The van der Waals surface area contributed by atoms with Crippen molar-refractivity contribution in [1.82, 2.24) is 9.88 Å². The van der Waals surface area contributed by atoms with Crippen molar-refractivity contribution in [1.29, 1.82) is 0 Å². The first-order valence-corrected chi connectivity index (χ1v) is 10.2. The van der Waals surface area contributed by atoms with Crippen LogP contribution in [0, 0.1) is 0 Å². The molecule has 0 aliphatic heterocycles. The molecular formula is C21H22N2OS2. The number of fused-ring (bicyclic) bond motifs is 1. The number of ketones is 1. The lowest BCUT2D eigenvalue weighted by molar-refractivity contribution is 0.102. The lowest BCUT2D eigenvalue weighted by atomic mass is 10.0. The van der Waals surface area contributed by atoms with E-state index >= 15 is 0 Å². The molecule has 1 heterocycles. The summed E-state index contributed by atoms with van der Waals surface area (Å²) >= 11 is 6.92. The first-order chi connectivity index (χ1) is 12.7. The quantitative estimate of drug-likeness (QED) is 0.459. The molecule has 0 amide bonds. The van der Waals surface area contributed by atoms with Crippen LogP contribution in [-0.2, 0) is 0 Å². The molecule has 0 unspecified atom stereocenters. The van der Waals surface area contributed by atoms with Gasteiger partial charge in [0.05, 0.1) is 17.0 Å². The average molecular weight is 383 g/mol. The molecule has 1 aromatic heterocycles. The summed E-state index contributed by atoms with van der Waals surface area (Å²) in [6.45, 7) is 5.87. The fraction of sp³-hybridized carbons (Fsp3) is 0.238. The molecule has 3 aromatic rings. The third-order valence-electron chi connectivity index (χ3n) is 4.40. The highest BCUT2D eigenvalue weighted by Gasteiger charge is 2.20. The van der Waals surface area contributed by atoms with E-state index in [1.54, 1.807) is 0 Å². The highest BCUT2D eigenvalue weighted by molar-refractivity contribution is 8.23.